The van der Waals surface area contributed by atoms with Crippen molar-refractivity contribution in [1.29, 1.82) is 0 Å². The largest absolute Gasteiger partial charge is 0.332 e. The van der Waals surface area contributed by atoms with Crippen molar-refractivity contribution < 1.29 is 4.52 Å². The molecular weight excluding hydrogens is 322 g/mol. The minimum atomic E-state index is 0.423. The van der Waals surface area contributed by atoms with Gasteiger partial charge in [-0.1, -0.05) is 23.4 Å². The van der Waals surface area contributed by atoms with Crippen molar-refractivity contribution in [3.05, 3.63) is 46.9 Å². The molecule has 0 bridgehead atoms. The molecule has 0 saturated heterocycles. The lowest BCUT2D eigenvalue weighted by Gasteiger charge is -1.99. The van der Waals surface area contributed by atoms with Gasteiger partial charge < -0.3 is 4.52 Å². The van der Waals surface area contributed by atoms with E-state index in [4.69, 9.17) is 4.52 Å². The van der Waals surface area contributed by atoms with E-state index in [0.29, 0.717) is 17.4 Å². The van der Waals surface area contributed by atoms with E-state index in [1.807, 2.05) is 60.4 Å². The monoisotopic (exact) mass is 337 g/mol. The zero-order chi connectivity index (χ0) is 16.5. The molecule has 0 atom stereocenters. The van der Waals surface area contributed by atoms with Gasteiger partial charge >= 0.3 is 0 Å². The highest BCUT2D eigenvalue weighted by molar-refractivity contribution is 7.09. The van der Waals surface area contributed by atoms with Crippen molar-refractivity contribution in [3.8, 4) is 34.2 Å². The lowest BCUT2D eigenvalue weighted by molar-refractivity contribution is 0.430. The fourth-order valence-corrected chi connectivity index (χ4v) is 3.03. The summed E-state index contributed by atoms with van der Waals surface area (Å²) in [6.45, 7) is 4.83. The van der Waals surface area contributed by atoms with Gasteiger partial charge in [-0.2, -0.15) is 10.1 Å². The Labute approximate surface area is 142 Å². The molecule has 3 heterocycles. The average Bonchev–Trinajstić information content (AvgIpc) is 3.34. The first kappa shape index (κ1) is 14.8. The minimum absolute atomic E-state index is 0.423. The summed E-state index contributed by atoms with van der Waals surface area (Å²) in [5, 5.41) is 11.6. The second-order valence-corrected chi connectivity index (χ2v) is 6.37. The maximum absolute atomic E-state index is 5.36. The van der Waals surface area contributed by atoms with Crippen LogP contribution in [0.4, 0.5) is 0 Å². The van der Waals surface area contributed by atoms with Crippen molar-refractivity contribution in [1.82, 2.24) is 24.9 Å². The zero-order valence-electron chi connectivity index (χ0n) is 13.3. The molecule has 0 aliphatic carbocycles. The second kappa shape index (κ2) is 6.01. The fourth-order valence-electron chi connectivity index (χ4n) is 2.41. The van der Waals surface area contributed by atoms with Crippen molar-refractivity contribution in [2.24, 2.45) is 0 Å². The highest BCUT2D eigenvalue weighted by atomic mass is 32.1. The number of aryl methyl sites for hydroxylation is 2. The number of nitrogens with zero attached hydrogens (tertiary/aromatic N) is 5. The zero-order valence-corrected chi connectivity index (χ0v) is 14.1. The molecule has 4 rings (SSSR count). The van der Waals surface area contributed by atoms with Crippen LogP contribution < -0.4 is 0 Å². The lowest BCUT2D eigenvalue weighted by Crippen LogP contribution is -1.93. The quantitative estimate of drug-likeness (QED) is 0.562. The number of rotatable bonds is 4. The third-order valence-corrected chi connectivity index (χ3v) is 4.42. The molecule has 24 heavy (non-hydrogen) atoms. The van der Waals surface area contributed by atoms with Crippen molar-refractivity contribution in [2.45, 2.75) is 20.4 Å². The summed E-state index contributed by atoms with van der Waals surface area (Å²) in [7, 11) is 0. The molecule has 120 valence electrons. The van der Waals surface area contributed by atoms with Crippen LogP contribution in [0.2, 0.25) is 0 Å². The molecule has 0 N–H and O–H groups in total. The maximum atomic E-state index is 5.36. The number of thiazole rings is 1. The third kappa shape index (κ3) is 2.74. The summed E-state index contributed by atoms with van der Waals surface area (Å²) < 4.78 is 7.19. The highest BCUT2D eigenvalue weighted by Crippen LogP contribution is 2.27. The van der Waals surface area contributed by atoms with E-state index in [0.717, 1.165) is 28.4 Å². The summed E-state index contributed by atoms with van der Waals surface area (Å²) in [6.07, 6.45) is 1.89. The molecule has 0 unspecified atom stereocenters. The first-order chi connectivity index (χ1) is 11.7. The maximum Gasteiger partial charge on any atom is 0.278 e. The Morgan fingerprint density at radius 2 is 2.00 bits per heavy atom. The summed E-state index contributed by atoms with van der Waals surface area (Å²) in [4.78, 5) is 8.99. The van der Waals surface area contributed by atoms with E-state index in [1.54, 1.807) is 11.3 Å². The molecule has 0 spiro atoms. The van der Waals surface area contributed by atoms with Crippen molar-refractivity contribution in [2.75, 3.05) is 0 Å². The molecule has 0 aliphatic heterocycles. The molecule has 0 saturated carbocycles. The van der Waals surface area contributed by atoms with E-state index in [-0.39, 0.29) is 0 Å². The Kier molecular flexibility index (Phi) is 3.70. The first-order valence-corrected chi connectivity index (χ1v) is 8.51. The van der Waals surface area contributed by atoms with Crippen LogP contribution in [0.25, 0.3) is 34.2 Å². The van der Waals surface area contributed by atoms with Gasteiger partial charge in [-0.3, -0.25) is 4.68 Å². The van der Waals surface area contributed by atoms with Gasteiger partial charge in [-0.15, -0.1) is 11.3 Å². The average molecular weight is 337 g/mol. The van der Waals surface area contributed by atoms with Crippen LogP contribution >= 0.6 is 11.3 Å². The number of hydrogen-bond acceptors (Lipinski definition) is 6. The molecule has 6 nitrogen and oxygen atoms in total. The normalized spacial score (nSPS) is 11.1. The predicted molar refractivity (Wildman–Crippen MR) is 92.5 cm³/mol. The molecule has 7 heteroatoms. The van der Waals surface area contributed by atoms with E-state index in [2.05, 4.69) is 20.2 Å². The molecule has 0 aliphatic rings. The Hall–Kier alpha value is -2.80. The van der Waals surface area contributed by atoms with Gasteiger partial charge in [0.25, 0.3) is 5.89 Å². The van der Waals surface area contributed by atoms with Gasteiger partial charge in [0.15, 0.2) is 5.69 Å². The van der Waals surface area contributed by atoms with Crippen LogP contribution in [0, 0.1) is 6.92 Å². The summed E-state index contributed by atoms with van der Waals surface area (Å²) in [6, 6.07) is 9.86. The molecule has 0 amide bonds. The van der Waals surface area contributed by atoms with Crippen LogP contribution in [0.5, 0.6) is 0 Å². The topological polar surface area (TPSA) is 69.6 Å². The summed E-state index contributed by atoms with van der Waals surface area (Å²) in [5.74, 6) is 0.969. The van der Waals surface area contributed by atoms with Crippen LogP contribution in [-0.2, 0) is 6.54 Å². The van der Waals surface area contributed by atoms with Gasteiger partial charge in [0.05, 0.1) is 10.7 Å². The highest BCUT2D eigenvalue weighted by Gasteiger charge is 2.14. The van der Waals surface area contributed by atoms with Crippen LogP contribution in [0.1, 0.15) is 11.9 Å². The molecule has 0 radical (unpaired) electrons. The third-order valence-electron chi connectivity index (χ3n) is 3.65. The van der Waals surface area contributed by atoms with Gasteiger partial charge in [-0.05, 0) is 26.0 Å². The molecule has 0 fully saturated rings. The molecular formula is C17H15N5OS. The summed E-state index contributed by atoms with van der Waals surface area (Å²) >= 11 is 1.64. The Morgan fingerprint density at radius 1 is 1.12 bits per heavy atom. The smallest absolute Gasteiger partial charge is 0.278 e. The predicted octanol–water partition coefficient (Wildman–Crippen LogP) is 4.05. The SMILES string of the molecule is CCn1ccc(-c2nc(-c3cccc(-c4csc(C)n4)c3)no2)n1. The number of hydrogen-bond donors (Lipinski definition) is 0. The van der Waals surface area contributed by atoms with E-state index < -0.39 is 0 Å². The van der Waals surface area contributed by atoms with Crippen LogP contribution in [-0.4, -0.2) is 24.9 Å². The van der Waals surface area contributed by atoms with Gasteiger partial charge in [0.1, 0.15) is 0 Å². The van der Waals surface area contributed by atoms with Gasteiger partial charge in [-0.25, -0.2) is 4.98 Å². The lowest BCUT2D eigenvalue weighted by atomic mass is 10.1. The molecule has 1 aromatic carbocycles. The minimum Gasteiger partial charge on any atom is -0.332 e. The van der Waals surface area contributed by atoms with E-state index in [9.17, 15) is 0 Å². The first-order valence-electron chi connectivity index (χ1n) is 7.63. The Morgan fingerprint density at radius 3 is 2.75 bits per heavy atom. The standard InChI is InChI=1S/C17H15N5OS/c1-3-22-8-7-14(20-22)17-19-16(21-23-17)13-6-4-5-12(9-13)15-10-24-11(2)18-15/h4-10H,3H2,1-2H3. The second-order valence-electron chi connectivity index (χ2n) is 5.31. The van der Waals surface area contributed by atoms with Crippen LogP contribution in [0.15, 0.2) is 46.4 Å². The Bertz CT molecular complexity index is 984. The van der Waals surface area contributed by atoms with E-state index in [1.165, 1.54) is 0 Å². The number of aromatic nitrogens is 5. The van der Waals surface area contributed by atoms with E-state index >= 15 is 0 Å². The Balaban J connectivity index is 1.67. The van der Waals surface area contributed by atoms with Gasteiger partial charge in [0, 0.05) is 29.2 Å². The molecule has 3 aromatic heterocycles. The van der Waals surface area contributed by atoms with Crippen LogP contribution in [0.3, 0.4) is 0 Å². The van der Waals surface area contributed by atoms with Crippen molar-refractivity contribution in [3.63, 3.8) is 0 Å². The fraction of sp³-hybridized carbons (Fsp3) is 0.176. The molecule has 4 aromatic rings. The number of benzene rings is 1. The van der Waals surface area contributed by atoms with Gasteiger partial charge in [0.2, 0.25) is 5.82 Å². The summed E-state index contributed by atoms with van der Waals surface area (Å²) in [5.41, 5.74) is 3.58. The van der Waals surface area contributed by atoms with Crippen molar-refractivity contribution >= 4 is 11.3 Å².